The number of aliphatic hydroxyl groups is 1. The zero-order valence-electron chi connectivity index (χ0n) is 9.05. The van der Waals surface area contributed by atoms with Crippen LogP contribution in [0.15, 0.2) is 0 Å². The van der Waals surface area contributed by atoms with Crippen molar-refractivity contribution in [1.82, 2.24) is 0 Å². The van der Waals surface area contributed by atoms with E-state index in [1.165, 1.54) is 0 Å². The van der Waals surface area contributed by atoms with Crippen molar-refractivity contribution in [2.45, 2.75) is 51.1 Å². The molecule has 1 aliphatic rings. The van der Waals surface area contributed by atoms with Gasteiger partial charge in [-0.25, -0.2) is 0 Å². The maximum atomic E-state index is 11.5. The fourth-order valence-corrected chi connectivity index (χ4v) is 3.28. The predicted molar refractivity (Wildman–Crippen MR) is 56.3 cm³/mol. The van der Waals surface area contributed by atoms with Crippen molar-refractivity contribution >= 4 is 13.9 Å². The maximum Gasteiger partial charge on any atom is 0.138 e. The minimum atomic E-state index is -1.66. The molecule has 76 valence electrons. The lowest BCUT2D eigenvalue weighted by molar-refractivity contribution is -0.124. The first-order chi connectivity index (χ1) is 5.77. The summed E-state index contributed by atoms with van der Waals surface area (Å²) >= 11 is 0. The Bertz CT molecular complexity index is 215. The van der Waals surface area contributed by atoms with Gasteiger partial charge in [-0.05, 0) is 19.8 Å². The van der Waals surface area contributed by atoms with Crippen molar-refractivity contribution in [1.29, 1.82) is 0 Å². The van der Waals surface area contributed by atoms with Gasteiger partial charge in [0, 0.05) is 12.3 Å². The van der Waals surface area contributed by atoms with Gasteiger partial charge in [-0.1, -0.05) is 19.6 Å². The number of carbonyl (C=O) groups excluding carboxylic acids is 1. The average Bonchev–Trinajstić information content (AvgIpc) is 2.32. The SMILES string of the molecule is C[C@](O)([C@@H]1CCCC1=O)[Si](C)(C)C. The molecule has 0 aromatic rings. The molecule has 0 bridgehead atoms. The molecule has 1 N–H and O–H groups in total. The number of Topliss-reactive ketones (excluding diaryl/α,β-unsaturated/α-hetero) is 1. The summed E-state index contributed by atoms with van der Waals surface area (Å²) in [5, 5.41) is 9.64. The molecule has 3 heteroatoms. The molecule has 1 fully saturated rings. The highest BCUT2D eigenvalue weighted by molar-refractivity contribution is 6.79. The van der Waals surface area contributed by atoms with Crippen LogP contribution in [0, 0.1) is 5.92 Å². The van der Waals surface area contributed by atoms with Crippen molar-refractivity contribution in [2.24, 2.45) is 5.92 Å². The molecule has 13 heavy (non-hydrogen) atoms. The molecule has 0 amide bonds. The van der Waals surface area contributed by atoms with E-state index in [1.807, 2.05) is 6.92 Å². The third-order valence-corrected chi connectivity index (χ3v) is 6.89. The molecule has 1 saturated carbocycles. The Morgan fingerprint density at radius 1 is 1.46 bits per heavy atom. The van der Waals surface area contributed by atoms with Gasteiger partial charge >= 0.3 is 0 Å². The molecule has 0 radical (unpaired) electrons. The second-order valence-electron chi connectivity index (χ2n) is 5.31. The summed E-state index contributed by atoms with van der Waals surface area (Å²) in [6.45, 7) is 8.23. The van der Waals surface area contributed by atoms with Crippen LogP contribution >= 0.6 is 0 Å². The van der Waals surface area contributed by atoms with E-state index in [2.05, 4.69) is 19.6 Å². The van der Waals surface area contributed by atoms with Crippen molar-refractivity contribution in [3.8, 4) is 0 Å². The molecule has 1 aliphatic carbocycles. The third kappa shape index (κ3) is 1.86. The summed E-state index contributed by atoms with van der Waals surface area (Å²) in [6.07, 6.45) is 2.52. The largest absolute Gasteiger partial charge is 0.393 e. The highest BCUT2D eigenvalue weighted by Gasteiger charge is 2.48. The van der Waals surface area contributed by atoms with E-state index in [-0.39, 0.29) is 11.7 Å². The summed E-state index contributed by atoms with van der Waals surface area (Å²) in [5.74, 6) is 0.187. The lowest BCUT2D eigenvalue weighted by Crippen LogP contribution is -2.56. The maximum absolute atomic E-state index is 11.5. The van der Waals surface area contributed by atoms with Crippen LogP contribution in [0.25, 0.3) is 0 Å². The highest BCUT2D eigenvalue weighted by atomic mass is 28.3. The average molecular weight is 200 g/mol. The second kappa shape index (κ2) is 3.21. The minimum Gasteiger partial charge on any atom is -0.393 e. The number of hydrogen-bond acceptors (Lipinski definition) is 2. The van der Waals surface area contributed by atoms with Gasteiger partial charge in [0.15, 0.2) is 0 Å². The first-order valence-electron chi connectivity index (χ1n) is 5.02. The van der Waals surface area contributed by atoms with Gasteiger partial charge in [0.05, 0.1) is 13.3 Å². The Hall–Kier alpha value is -0.153. The fourth-order valence-electron chi connectivity index (χ4n) is 1.93. The highest BCUT2D eigenvalue weighted by Crippen LogP contribution is 2.36. The van der Waals surface area contributed by atoms with E-state index in [0.29, 0.717) is 6.42 Å². The Morgan fingerprint density at radius 2 is 2.00 bits per heavy atom. The molecule has 0 heterocycles. The summed E-state index contributed by atoms with van der Waals surface area (Å²) in [4.78, 5) is 11.5. The van der Waals surface area contributed by atoms with Gasteiger partial charge in [-0.2, -0.15) is 0 Å². The smallest absolute Gasteiger partial charge is 0.138 e. The molecule has 0 spiro atoms. The van der Waals surface area contributed by atoms with Gasteiger partial charge < -0.3 is 5.11 Å². The fraction of sp³-hybridized carbons (Fsp3) is 0.900. The minimum absolute atomic E-state index is 0.0841. The van der Waals surface area contributed by atoms with Gasteiger partial charge in [-0.3, -0.25) is 4.79 Å². The molecule has 2 atom stereocenters. The molecule has 0 aromatic carbocycles. The van der Waals surface area contributed by atoms with Crippen molar-refractivity contribution in [3.63, 3.8) is 0 Å². The first kappa shape index (κ1) is 10.9. The monoisotopic (exact) mass is 200 g/mol. The van der Waals surface area contributed by atoms with Crippen LogP contribution in [0.2, 0.25) is 19.6 Å². The molecule has 0 aromatic heterocycles. The molecule has 0 saturated heterocycles. The van der Waals surface area contributed by atoms with E-state index >= 15 is 0 Å². The third-order valence-electron chi connectivity index (χ3n) is 3.50. The summed E-state index contributed by atoms with van der Waals surface area (Å²) < 4.78 is 0. The second-order valence-corrected chi connectivity index (χ2v) is 10.8. The van der Waals surface area contributed by atoms with Crippen molar-refractivity contribution < 1.29 is 9.90 Å². The first-order valence-corrected chi connectivity index (χ1v) is 8.52. The van der Waals surface area contributed by atoms with Crippen LogP contribution in [0.5, 0.6) is 0 Å². The topological polar surface area (TPSA) is 37.3 Å². The molecule has 0 unspecified atom stereocenters. The van der Waals surface area contributed by atoms with Gasteiger partial charge in [-0.15, -0.1) is 0 Å². The van der Waals surface area contributed by atoms with E-state index in [9.17, 15) is 9.90 Å². The Labute approximate surface area is 81.4 Å². The van der Waals surface area contributed by atoms with E-state index in [0.717, 1.165) is 12.8 Å². The number of carbonyl (C=O) groups is 1. The normalized spacial score (nSPS) is 29.0. The van der Waals surface area contributed by atoms with E-state index in [1.54, 1.807) is 0 Å². The molecule has 0 aliphatic heterocycles. The van der Waals surface area contributed by atoms with Crippen molar-refractivity contribution in [2.75, 3.05) is 0 Å². The van der Waals surface area contributed by atoms with Crippen LogP contribution in [0.3, 0.4) is 0 Å². The molecule has 1 rings (SSSR count). The quantitative estimate of drug-likeness (QED) is 0.692. The van der Waals surface area contributed by atoms with Crippen LogP contribution in [0.1, 0.15) is 26.2 Å². The summed E-state index contributed by atoms with van der Waals surface area (Å²) in [7, 11) is -1.66. The van der Waals surface area contributed by atoms with Gasteiger partial charge in [0.1, 0.15) is 5.78 Å². The Kier molecular flexibility index (Phi) is 2.70. The zero-order chi connectivity index (χ0) is 10.3. The Morgan fingerprint density at radius 3 is 2.31 bits per heavy atom. The summed E-state index contributed by atoms with van der Waals surface area (Å²) in [6, 6.07) is 0. The molecule has 2 nitrogen and oxygen atoms in total. The Balaban J connectivity index is 2.86. The number of hydrogen-bond donors (Lipinski definition) is 1. The van der Waals surface area contributed by atoms with Crippen LogP contribution in [0.4, 0.5) is 0 Å². The summed E-state index contributed by atoms with van der Waals surface area (Å²) in [5.41, 5.74) is 0. The van der Waals surface area contributed by atoms with Crippen LogP contribution in [-0.4, -0.2) is 24.2 Å². The van der Waals surface area contributed by atoms with Crippen molar-refractivity contribution in [3.05, 3.63) is 0 Å². The van der Waals surface area contributed by atoms with E-state index in [4.69, 9.17) is 0 Å². The predicted octanol–water partition coefficient (Wildman–Crippen LogP) is 1.98. The number of ketones is 1. The standard InChI is InChI=1S/C10H20O2Si/c1-10(12,13(2,3)4)8-6-5-7-9(8)11/h8,12H,5-7H2,1-4H3/t8-,10-/m1/s1. The van der Waals surface area contributed by atoms with Crippen LogP contribution < -0.4 is 0 Å². The van der Waals surface area contributed by atoms with Gasteiger partial charge in [0.2, 0.25) is 0 Å². The lowest BCUT2D eigenvalue weighted by atomic mass is 10.0. The van der Waals surface area contributed by atoms with Crippen LogP contribution in [-0.2, 0) is 4.79 Å². The molecular weight excluding hydrogens is 180 g/mol. The molecular formula is C10H20O2Si. The van der Waals surface area contributed by atoms with E-state index < -0.39 is 13.3 Å². The zero-order valence-corrected chi connectivity index (χ0v) is 10.1. The number of rotatable bonds is 2. The van der Waals surface area contributed by atoms with Gasteiger partial charge in [0.25, 0.3) is 0 Å². The lowest BCUT2D eigenvalue weighted by Gasteiger charge is -2.39.